The molecule has 0 bridgehead atoms. The summed E-state index contributed by atoms with van der Waals surface area (Å²) in [6.07, 6.45) is -0.452. The molecule has 0 fully saturated rings. The van der Waals surface area contributed by atoms with Crippen LogP contribution < -0.4 is 0 Å². The maximum Gasteiger partial charge on any atom is 0.169 e. The average molecular weight is 254 g/mol. The Morgan fingerprint density at radius 3 is 2.79 bits per heavy atom. The van der Waals surface area contributed by atoms with Crippen LogP contribution in [0.5, 0.6) is 0 Å². The molecule has 0 N–H and O–H groups in total. The van der Waals surface area contributed by atoms with E-state index in [1.807, 2.05) is 32.0 Å². The van der Waals surface area contributed by atoms with Crippen molar-refractivity contribution >= 4 is 15.9 Å². The van der Waals surface area contributed by atoms with Gasteiger partial charge in [0.25, 0.3) is 0 Å². The molecule has 1 rings (SSSR count). The summed E-state index contributed by atoms with van der Waals surface area (Å²) in [6, 6.07) is 7.94. The minimum atomic E-state index is -0.452. The van der Waals surface area contributed by atoms with Crippen LogP contribution in [-0.2, 0) is 4.74 Å². The van der Waals surface area contributed by atoms with Gasteiger partial charge < -0.3 is 4.74 Å². The second-order valence-corrected chi connectivity index (χ2v) is 3.83. The van der Waals surface area contributed by atoms with E-state index in [2.05, 4.69) is 22.0 Å². The fourth-order valence-electron chi connectivity index (χ4n) is 1.21. The summed E-state index contributed by atoms with van der Waals surface area (Å²) in [5.41, 5.74) is 2.03. The van der Waals surface area contributed by atoms with Crippen molar-refractivity contribution in [2.24, 2.45) is 0 Å². The summed E-state index contributed by atoms with van der Waals surface area (Å²) in [5, 5.41) is 8.88. The maximum absolute atomic E-state index is 8.88. The lowest BCUT2D eigenvalue weighted by atomic mass is 10.1. The van der Waals surface area contributed by atoms with Crippen LogP contribution in [0.1, 0.15) is 24.2 Å². The van der Waals surface area contributed by atoms with Crippen LogP contribution in [0.25, 0.3) is 0 Å². The number of nitrogens with zero attached hydrogens (tertiary/aromatic N) is 1. The van der Waals surface area contributed by atoms with Crippen molar-refractivity contribution in [3.05, 3.63) is 33.8 Å². The van der Waals surface area contributed by atoms with Gasteiger partial charge in [0, 0.05) is 11.1 Å². The van der Waals surface area contributed by atoms with Crippen LogP contribution in [0.2, 0.25) is 0 Å². The number of halogens is 1. The van der Waals surface area contributed by atoms with Gasteiger partial charge in [-0.2, -0.15) is 5.26 Å². The van der Waals surface area contributed by atoms with E-state index in [9.17, 15) is 0 Å². The monoisotopic (exact) mass is 253 g/mol. The van der Waals surface area contributed by atoms with E-state index in [1.165, 1.54) is 0 Å². The molecule has 1 unspecified atom stereocenters. The number of ether oxygens (including phenoxy) is 1. The minimum absolute atomic E-state index is 0.452. The molecule has 0 heterocycles. The number of benzene rings is 1. The third-order valence-electron chi connectivity index (χ3n) is 1.94. The van der Waals surface area contributed by atoms with Crippen LogP contribution in [0.15, 0.2) is 22.7 Å². The molecule has 0 aromatic heterocycles. The minimum Gasteiger partial charge on any atom is -0.359 e. The molecule has 0 saturated carbocycles. The molecule has 0 aliphatic carbocycles. The predicted molar refractivity (Wildman–Crippen MR) is 58.9 cm³/mol. The molecule has 0 aliphatic rings. The van der Waals surface area contributed by atoms with Gasteiger partial charge in [0.1, 0.15) is 0 Å². The molecule has 1 aromatic rings. The Morgan fingerprint density at radius 2 is 2.29 bits per heavy atom. The van der Waals surface area contributed by atoms with Gasteiger partial charge in [0.05, 0.1) is 6.07 Å². The highest BCUT2D eigenvalue weighted by Gasteiger charge is 2.10. The highest BCUT2D eigenvalue weighted by atomic mass is 79.9. The first-order valence-electron chi connectivity index (χ1n) is 4.46. The molecule has 1 aromatic carbocycles. The van der Waals surface area contributed by atoms with Gasteiger partial charge in [0.2, 0.25) is 0 Å². The maximum atomic E-state index is 8.88. The van der Waals surface area contributed by atoms with E-state index in [1.54, 1.807) is 0 Å². The molecule has 0 saturated heterocycles. The number of hydrogen-bond donors (Lipinski definition) is 0. The molecule has 74 valence electrons. The first-order chi connectivity index (χ1) is 6.69. The summed E-state index contributed by atoms with van der Waals surface area (Å²) < 4.78 is 6.35. The van der Waals surface area contributed by atoms with Gasteiger partial charge >= 0.3 is 0 Å². The van der Waals surface area contributed by atoms with Gasteiger partial charge in [-0.3, -0.25) is 0 Å². The van der Waals surface area contributed by atoms with Gasteiger partial charge in [-0.05, 0) is 31.0 Å². The largest absolute Gasteiger partial charge is 0.359 e. The zero-order valence-electron chi connectivity index (χ0n) is 8.25. The van der Waals surface area contributed by atoms with Crippen molar-refractivity contribution in [3.8, 4) is 6.07 Å². The Morgan fingerprint density at radius 1 is 1.57 bits per heavy atom. The van der Waals surface area contributed by atoms with Crippen LogP contribution >= 0.6 is 15.9 Å². The molecular formula is C11H12BrNO. The van der Waals surface area contributed by atoms with Crippen molar-refractivity contribution in [1.29, 1.82) is 5.26 Å². The molecule has 1 atom stereocenters. The second-order valence-electron chi connectivity index (χ2n) is 2.97. The lowest BCUT2D eigenvalue weighted by Crippen LogP contribution is -2.01. The summed E-state index contributed by atoms with van der Waals surface area (Å²) in [6.45, 7) is 4.43. The van der Waals surface area contributed by atoms with Crippen molar-refractivity contribution in [2.75, 3.05) is 6.61 Å². The molecule has 0 spiro atoms. The average Bonchev–Trinajstić information content (AvgIpc) is 2.19. The molecule has 0 aliphatic heterocycles. The van der Waals surface area contributed by atoms with Crippen molar-refractivity contribution < 1.29 is 4.74 Å². The molecular weight excluding hydrogens is 242 g/mol. The zero-order valence-corrected chi connectivity index (χ0v) is 9.84. The highest BCUT2D eigenvalue weighted by Crippen LogP contribution is 2.22. The number of rotatable bonds is 3. The van der Waals surface area contributed by atoms with E-state index in [0.717, 1.165) is 15.6 Å². The molecule has 3 heteroatoms. The summed E-state index contributed by atoms with van der Waals surface area (Å²) >= 11 is 3.42. The Bertz CT molecular complexity index is 357. The third kappa shape index (κ3) is 2.57. The fourth-order valence-corrected chi connectivity index (χ4v) is 1.45. The van der Waals surface area contributed by atoms with E-state index in [4.69, 9.17) is 10.00 Å². The zero-order chi connectivity index (χ0) is 10.6. The first-order valence-corrected chi connectivity index (χ1v) is 5.25. The lowest BCUT2D eigenvalue weighted by Gasteiger charge is -2.10. The topological polar surface area (TPSA) is 33.0 Å². The molecule has 2 nitrogen and oxygen atoms in total. The summed E-state index contributed by atoms with van der Waals surface area (Å²) in [5.74, 6) is 0. The molecule has 0 radical (unpaired) electrons. The van der Waals surface area contributed by atoms with E-state index in [-0.39, 0.29) is 0 Å². The van der Waals surface area contributed by atoms with E-state index in [0.29, 0.717) is 6.61 Å². The highest BCUT2D eigenvalue weighted by molar-refractivity contribution is 9.10. The molecule has 14 heavy (non-hydrogen) atoms. The Hall–Kier alpha value is -0.850. The van der Waals surface area contributed by atoms with Crippen LogP contribution in [0.4, 0.5) is 0 Å². The number of hydrogen-bond acceptors (Lipinski definition) is 2. The van der Waals surface area contributed by atoms with Crippen LogP contribution in [0.3, 0.4) is 0 Å². The molecule has 0 amide bonds. The number of aryl methyl sites for hydroxylation is 1. The van der Waals surface area contributed by atoms with Gasteiger partial charge in [-0.15, -0.1) is 0 Å². The Kier molecular flexibility index (Phi) is 4.12. The Labute approximate surface area is 92.6 Å². The van der Waals surface area contributed by atoms with Gasteiger partial charge in [-0.25, -0.2) is 0 Å². The first kappa shape index (κ1) is 11.2. The normalized spacial score (nSPS) is 12.1. The third-order valence-corrected chi connectivity index (χ3v) is 2.83. The standard InChI is InChI=1S/C11H12BrNO/c1-3-14-11(7-13)9-4-5-10(12)8(2)6-9/h4-6,11H,3H2,1-2H3. The van der Waals surface area contributed by atoms with Gasteiger partial charge in [-0.1, -0.05) is 28.1 Å². The number of nitriles is 1. The summed E-state index contributed by atoms with van der Waals surface area (Å²) in [7, 11) is 0. The van der Waals surface area contributed by atoms with Crippen LogP contribution in [-0.4, -0.2) is 6.61 Å². The predicted octanol–water partition coefficient (Wildman–Crippen LogP) is 3.36. The van der Waals surface area contributed by atoms with Crippen molar-refractivity contribution in [2.45, 2.75) is 20.0 Å². The van der Waals surface area contributed by atoms with Crippen LogP contribution in [0, 0.1) is 18.3 Å². The van der Waals surface area contributed by atoms with Crippen molar-refractivity contribution in [1.82, 2.24) is 0 Å². The SMILES string of the molecule is CCOC(C#N)c1ccc(Br)c(C)c1. The fraction of sp³-hybridized carbons (Fsp3) is 0.364. The van der Waals surface area contributed by atoms with Crippen molar-refractivity contribution in [3.63, 3.8) is 0 Å². The Balaban J connectivity index is 2.95. The van der Waals surface area contributed by atoms with E-state index < -0.39 is 6.10 Å². The van der Waals surface area contributed by atoms with Gasteiger partial charge in [0.15, 0.2) is 6.10 Å². The quantitative estimate of drug-likeness (QED) is 0.828. The smallest absolute Gasteiger partial charge is 0.169 e. The second kappa shape index (κ2) is 5.14. The lowest BCUT2D eigenvalue weighted by molar-refractivity contribution is 0.102. The van der Waals surface area contributed by atoms with E-state index >= 15 is 0 Å². The summed E-state index contributed by atoms with van der Waals surface area (Å²) in [4.78, 5) is 0.